The Labute approximate surface area is 175 Å². The number of aromatic nitrogens is 2. The fraction of sp³-hybridized carbons (Fsp3) is 0.318. The summed E-state index contributed by atoms with van der Waals surface area (Å²) in [5, 5.41) is 0. The molecule has 1 aromatic heterocycles. The summed E-state index contributed by atoms with van der Waals surface area (Å²) in [7, 11) is 3.13. The Hall–Kier alpha value is -3.73. The molecular formula is C22H25N5O3. The molecule has 0 radical (unpaired) electrons. The Kier molecular flexibility index (Phi) is 6.42. The summed E-state index contributed by atoms with van der Waals surface area (Å²) < 4.78 is 10.5. The Bertz CT molecular complexity index is 1020. The van der Waals surface area contributed by atoms with Gasteiger partial charge in [0.05, 0.1) is 14.2 Å². The van der Waals surface area contributed by atoms with Gasteiger partial charge in [-0.3, -0.25) is 4.79 Å². The van der Waals surface area contributed by atoms with Crippen LogP contribution in [0.15, 0.2) is 30.5 Å². The van der Waals surface area contributed by atoms with Crippen LogP contribution in [0.3, 0.4) is 0 Å². The highest BCUT2D eigenvalue weighted by Gasteiger charge is 2.26. The number of hydrogen-bond acceptors (Lipinski definition) is 7. The van der Waals surface area contributed by atoms with Crippen molar-refractivity contribution >= 4 is 11.7 Å². The number of rotatable bonds is 5. The first-order chi connectivity index (χ1) is 14.4. The van der Waals surface area contributed by atoms with E-state index in [0.29, 0.717) is 22.9 Å². The SMILES string of the molecule is CC=CN1CCC(c2nc(N)c(C(N)=O)c(C#Cc3cc(OC)cc(OC)c3)n2)C1. The standard InChI is InChI=1S/C22H25N5O3/c1-4-8-27-9-7-15(13-27)22-25-18(19(21(24)28)20(23)26-22)6-5-14-10-16(29-2)12-17(11-14)30-3/h4,8,10-12,15H,7,9,13H2,1-3H3,(H2,24,28)(H2,23,25,26). The van der Waals surface area contributed by atoms with E-state index in [-0.39, 0.29) is 23.0 Å². The molecule has 1 saturated heterocycles. The number of likely N-dealkylation sites (tertiary alicyclic amines) is 1. The van der Waals surface area contributed by atoms with Gasteiger partial charge in [-0.25, -0.2) is 9.97 Å². The second kappa shape index (κ2) is 9.18. The zero-order valence-electron chi connectivity index (χ0n) is 17.3. The number of methoxy groups -OCH3 is 2. The number of carbonyl (C=O) groups is 1. The van der Waals surface area contributed by atoms with Crippen LogP contribution in [0.4, 0.5) is 5.82 Å². The fourth-order valence-corrected chi connectivity index (χ4v) is 3.37. The van der Waals surface area contributed by atoms with Gasteiger partial charge in [0.2, 0.25) is 0 Å². The van der Waals surface area contributed by atoms with Crippen LogP contribution in [0.25, 0.3) is 0 Å². The molecule has 0 spiro atoms. The van der Waals surface area contributed by atoms with E-state index in [1.807, 2.05) is 19.2 Å². The minimum Gasteiger partial charge on any atom is -0.497 e. The van der Waals surface area contributed by atoms with Crippen LogP contribution in [0, 0.1) is 11.8 Å². The molecule has 8 heteroatoms. The van der Waals surface area contributed by atoms with E-state index in [1.165, 1.54) is 0 Å². The highest BCUT2D eigenvalue weighted by Crippen LogP contribution is 2.27. The van der Waals surface area contributed by atoms with Crippen LogP contribution in [-0.2, 0) is 0 Å². The minimum absolute atomic E-state index is 0.0319. The number of anilines is 1. The highest BCUT2D eigenvalue weighted by molar-refractivity contribution is 5.99. The number of ether oxygens (including phenoxy) is 2. The van der Waals surface area contributed by atoms with Gasteiger partial charge < -0.3 is 25.8 Å². The molecule has 3 rings (SSSR count). The van der Waals surface area contributed by atoms with E-state index in [1.54, 1.807) is 32.4 Å². The summed E-state index contributed by atoms with van der Waals surface area (Å²) in [5.41, 5.74) is 12.5. The molecule has 8 nitrogen and oxygen atoms in total. The largest absolute Gasteiger partial charge is 0.497 e. The lowest BCUT2D eigenvalue weighted by Crippen LogP contribution is -2.20. The Morgan fingerprint density at radius 1 is 1.20 bits per heavy atom. The lowest BCUT2D eigenvalue weighted by atomic mass is 10.1. The van der Waals surface area contributed by atoms with Crippen molar-refractivity contribution in [3.05, 3.63) is 53.1 Å². The summed E-state index contributed by atoms with van der Waals surface area (Å²) in [6.07, 6.45) is 4.92. The normalized spacial score (nSPS) is 15.7. The number of nitrogens with zero attached hydrogens (tertiary/aromatic N) is 3. The molecule has 156 valence electrons. The molecule has 1 aliphatic rings. The number of benzene rings is 1. The summed E-state index contributed by atoms with van der Waals surface area (Å²) in [5.74, 6) is 7.13. The molecular weight excluding hydrogens is 382 g/mol. The van der Waals surface area contributed by atoms with E-state index in [2.05, 4.69) is 26.7 Å². The van der Waals surface area contributed by atoms with Crippen molar-refractivity contribution in [1.82, 2.24) is 14.9 Å². The van der Waals surface area contributed by atoms with Crippen molar-refractivity contribution < 1.29 is 14.3 Å². The first-order valence-corrected chi connectivity index (χ1v) is 9.54. The lowest BCUT2D eigenvalue weighted by Gasteiger charge is -2.13. The number of nitrogen functional groups attached to an aromatic ring is 1. The highest BCUT2D eigenvalue weighted by atomic mass is 16.5. The van der Waals surface area contributed by atoms with Gasteiger partial charge in [-0.2, -0.15) is 0 Å². The maximum absolute atomic E-state index is 12.0. The van der Waals surface area contributed by atoms with Crippen molar-refractivity contribution in [2.75, 3.05) is 33.0 Å². The molecule has 1 aromatic carbocycles. The van der Waals surface area contributed by atoms with Gasteiger partial charge in [0.1, 0.15) is 34.4 Å². The van der Waals surface area contributed by atoms with Crippen molar-refractivity contribution in [1.29, 1.82) is 0 Å². The molecule has 1 fully saturated rings. The maximum atomic E-state index is 12.0. The van der Waals surface area contributed by atoms with Crippen LogP contribution < -0.4 is 20.9 Å². The number of hydrogen-bond donors (Lipinski definition) is 2. The molecule has 1 atom stereocenters. The monoisotopic (exact) mass is 407 g/mol. The number of allylic oxidation sites excluding steroid dienone is 1. The van der Waals surface area contributed by atoms with Gasteiger partial charge in [-0.05, 0) is 37.6 Å². The van der Waals surface area contributed by atoms with E-state index in [0.717, 1.165) is 19.5 Å². The zero-order chi connectivity index (χ0) is 21.7. The molecule has 2 aromatic rings. The van der Waals surface area contributed by atoms with Crippen LogP contribution in [0.1, 0.15) is 46.7 Å². The molecule has 30 heavy (non-hydrogen) atoms. The Balaban J connectivity index is 2.01. The Morgan fingerprint density at radius 3 is 2.50 bits per heavy atom. The first kappa shape index (κ1) is 21.0. The zero-order valence-corrected chi connectivity index (χ0v) is 17.3. The van der Waals surface area contributed by atoms with Crippen molar-refractivity contribution in [2.24, 2.45) is 5.73 Å². The molecule has 1 aliphatic heterocycles. The smallest absolute Gasteiger partial charge is 0.255 e. The predicted molar refractivity (Wildman–Crippen MR) is 114 cm³/mol. The van der Waals surface area contributed by atoms with Gasteiger partial charge in [0.15, 0.2) is 0 Å². The van der Waals surface area contributed by atoms with E-state index >= 15 is 0 Å². The molecule has 0 saturated carbocycles. The third-order valence-electron chi connectivity index (χ3n) is 4.82. The van der Waals surface area contributed by atoms with Gasteiger partial charge in [-0.15, -0.1) is 0 Å². The van der Waals surface area contributed by atoms with Crippen molar-refractivity contribution in [2.45, 2.75) is 19.3 Å². The molecule has 1 amide bonds. The third kappa shape index (κ3) is 4.63. The molecule has 1 unspecified atom stereocenters. The average molecular weight is 407 g/mol. The minimum atomic E-state index is -0.714. The molecule has 2 heterocycles. The summed E-state index contributed by atoms with van der Waals surface area (Å²) in [6, 6.07) is 5.27. The number of carbonyl (C=O) groups excluding carboxylic acids is 1. The number of amides is 1. The van der Waals surface area contributed by atoms with Crippen molar-refractivity contribution in [3.63, 3.8) is 0 Å². The van der Waals surface area contributed by atoms with Crippen LogP contribution in [0.5, 0.6) is 11.5 Å². The predicted octanol–water partition coefficient (Wildman–Crippen LogP) is 1.90. The summed E-state index contributed by atoms with van der Waals surface area (Å²) in [4.78, 5) is 23.1. The maximum Gasteiger partial charge on any atom is 0.255 e. The first-order valence-electron chi connectivity index (χ1n) is 9.54. The average Bonchev–Trinajstić information content (AvgIpc) is 3.20. The van der Waals surface area contributed by atoms with E-state index in [9.17, 15) is 4.79 Å². The van der Waals surface area contributed by atoms with E-state index in [4.69, 9.17) is 20.9 Å². The molecule has 0 bridgehead atoms. The lowest BCUT2D eigenvalue weighted by molar-refractivity contribution is 0.1000. The van der Waals surface area contributed by atoms with Crippen LogP contribution in [0.2, 0.25) is 0 Å². The summed E-state index contributed by atoms with van der Waals surface area (Å²) >= 11 is 0. The van der Waals surface area contributed by atoms with Gasteiger partial charge in [-0.1, -0.05) is 12.0 Å². The quantitative estimate of drug-likeness (QED) is 0.727. The molecule has 4 N–H and O–H groups in total. The number of nitrogens with two attached hydrogens (primary N) is 2. The number of primary amides is 1. The van der Waals surface area contributed by atoms with E-state index < -0.39 is 5.91 Å². The Morgan fingerprint density at radius 2 is 1.90 bits per heavy atom. The van der Waals surface area contributed by atoms with Gasteiger partial charge in [0.25, 0.3) is 5.91 Å². The van der Waals surface area contributed by atoms with Gasteiger partial charge in [0, 0.05) is 30.6 Å². The fourth-order valence-electron chi connectivity index (χ4n) is 3.37. The third-order valence-corrected chi connectivity index (χ3v) is 4.82. The second-order valence-corrected chi connectivity index (χ2v) is 6.87. The van der Waals surface area contributed by atoms with Crippen molar-refractivity contribution in [3.8, 4) is 23.3 Å². The van der Waals surface area contributed by atoms with Crippen LogP contribution >= 0.6 is 0 Å². The molecule has 0 aliphatic carbocycles. The van der Waals surface area contributed by atoms with Gasteiger partial charge >= 0.3 is 0 Å². The topological polar surface area (TPSA) is 117 Å². The summed E-state index contributed by atoms with van der Waals surface area (Å²) in [6.45, 7) is 3.66. The van der Waals surface area contributed by atoms with Crippen LogP contribution in [-0.4, -0.2) is 48.1 Å². The second-order valence-electron chi connectivity index (χ2n) is 6.87.